The molecule has 0 N–H and O–H groups in total. The molecule has 0 radical (unpaired) electrons. The second-order valence-electron chi connectivity index (χ2n) is 3.79. The first-order valence-electron chi connectivity index (χ1n) is 4.36. The summed E-state index contributed by atoms with van der Waals surface area (Å²) in [5, 5.41) is 0. The lowest BCUT2D eigenvalue weighted by Crippen LogP contribution is -2.33. The Balaban J connectivity index is 3.95. The molecule has 0 saturated heterocycles. The maximum absolute atomic E-state index is 5.95. The van der Waals surface area contributed by atoms with Gasteiger partial charge in [-0.25, -0.2) is 0 Å². The van der Waals surface area contributed by atoms with Crippen molar-refractivity contribution in [2.45, 2.75) is 45.0 Å². The normalized spacial score (nSPS) is 14.4. The van der Waals surface area contributed by atoms with Crippen LogP contribution >= 0.6 is 11.6 Å². The topological polar surface area (TPSA) is 9.23 Å². The van der Waals surface area contributed by atoms with Crippen molar-refractivity contribution in [3.05, 3.63) is 12.2 Å². The zero-order chi connectivity index (χ0) is 9.78. The molecule has 1 unspecified atom stereocenters. The molecule has 72 valence electrons. The molecule has 0 aromatic rings. The average molecular weight is 207 g/mol. The van der Waals surface area contributed by atoms with Gasteiger partial charge in [-0.3, -0.25) is 0 Å². The van der Waals surface area contributed by atoms with Crippen molar-refractivity contribution in [3.63, 3.8) is 0 Å². The van der Waals surface area contributed by atoms with E-state index in [-0.39, 0.29) is 5.56 Å². The van der Waals surface area contributed by atoms with Crippen molar-refractivity contribution in [3.8, 4) is 0 Å². The van der Waals surface area contributed by atoms with Gasteiger partial charge in [-0.1, -0.05) is 31.5 Å². The summed E-state index contributed by atoms with van der Waals surface area (Å²) in [6.45, 7) is 12.2. The van der Waals surface area contributed by atoms with Crippen LogP contribution in [0.5, 0.6) is 0 Å². The Morgan fingerprint density at radius 2 is 2.08 bits per heavy atom. The molecule has 0 aliphatic heterocycles. The maximum Gasteiger partial charge on any atom is 0.189 e. The monoisotopic (exact) mass is 206 g/mol. The van der Waals surface area contributed by atoms with Gasteiger partial charge in [0.25, 0.3) is 0 Å². The molecule has 0 bridgehead atoms. The fourth-order valence-electron chi connectivity index (χ4n) is 1.04. The molecule has 0 rings (SSSR count). The zero-order valence-corrected chi connectivity index (χ0v) is 10.2. The van der Waals surface area contributed by atoms with Crippen LogP contribution in [0.1, 0.15) is 20.3 Å². The molecule has 0 saturated carbocycles. The van der Waals surface area contributed by atoms with E-state index in [1.54, 1.807) is 0 Å². The molecule has 12 heavy (non-hydrogen) atoms. The first-order chi connectivity index (χ1) is 5.39. The van der Waals surface area contributed by atoms with Crippen molar-refractivity contribution in [1.29, 1.82) is 0 Å². The van der Waals surface area contributed by atoms with Crippen LogP contribution in [0.3, 0.4) is 0 Å². The van der Waals surface area contributed by atoms with Crippen LogP contribution in [0, 0.1) is 0 Å². The minimum atomic E-state index is -1.52. The van der Waals surface area contributed by atoms with Crippen LogP contribution in [-0.2, 0) is 4.43 Å². The zero-order valence-electron chi connectivity index (χ0n) is 8.48. The van der Waals surface area contributed by atoms with E-state index in [0.717, 1.165) is 11.6 Å². The molecule has 0 aliphatic carbocycles. The third-order valence-electron chi connectivity index (χ3n) is 1.66. The minimum Gasteiger partial charge on any atom is -0.398 e. The number of hydrogen-bond acceptors (Lipinski definition) is 1. The fraction of sp³-hybridized carbons (Fsp3) is 0.778. The Morgan fingerprint density at radius 3 is 2.42 bits per heavy atom. The van der Waals surface area contributed by atoms with E-state index in [1.165, 1.54) is 6.42 Å². The van der Waals surface area contributed by atoms with E-state index in [0.29, 0.717) is 0 Å². The van der Waals surface area contributed by atoms with Crippen molar-refractivity contribution in [2.24, 2.45) is 0 Å². The van der Waals surface area contributed by atoms with Crippen LogP contribution in [0.4, 0.5) is 0 Å². The van der Waals surface area contributed by atoms with Gasteiger partial charge in [-0.05, 0) is 31.6 Å². The van der Waals surface area contributed by atoms with Crippen LogP contribution in [0.2, 0.25) is 19.1 Å². The van der Waals surface area contributed by atoms with E-state index < -0.39 is 8.32 Å². The second-order valence-corrected chi connectivity index (χ2v) is 8.44. The lowest BCUT2D eigenvalue weighted by atomic mass is 10.4. The van der Waals surface area contributed by atoms with Crippen LogP contribution in [-0.4, -0.2) is 13.9 Å². The van der Waals surface area contributed by atoms with E-state index in [9.17, 15) is 0 Å². The average Bonchev–Trinajstić information content (AvgIpc) is 1.85. The summed E-state index contributed by atoms with van der Waals surface area (Å²) < 4.78 is 5.74. The molecular formula is C9H19ClOSi. The molecule has 0 amide bonds. The second kappa shape index (κ2) is 5.05. The molecule has 0 aromatic heterocycles. The van der Waals surface area contributed by atoms with Gasteiger partial charge in [0, 0.05) is 0 Å². The van der Waals surface area contributed by atoms with Gasteiger partial charge in [-0.2, -0.15) is 0 Å². The van der Waals surface area contributed by atoms with Gasteiger partial charge in [0.15, 0.2) is 8.32 Å². The quantitative estimate of drug-likeness (QED) is 0.378. The first-order valence-corrected chi connectivity index (χ1v) is 7.91. The summed E-state index contributed by atoms with van der Waals surface area (Å²) in [6, 6.07) is 1.16. The Labute approximate surface area is 81.9 Å². The standard InChI is InChI=1S/C9H19ClOSi/c1-6-7-12(4,5)11-9(10)8(2)3/h9H,2,6-7H2,1,3-5H3. The van der Waals surface area contributed by atoms with E-state index in [1.807, 2.05) is 6.92 Å². The molecule has 0 aliphatic rings. The third kappa shape index (κ3) is 4.96. The lowest BCUT2D eigenvalue weighted by molar-refractivity contribution is 0.303. The number of hydrogen-bond donors (Lipinski definition) is 0. The Morgan fingerprint density at radius 1 is 1.58 bits per heavy atom. The largest absolute Gasteiger partial charge is 0.398 e. The third-order valence-corrected chi connectivity index (χ3v) is 4.85. The molecule has 1 nitrogen and oxygen atoms in total. The summed E-state index contributed by atoms with van der Waals surface area (Å²) in [7, 11) is -1.52. The van der Waals surface area contributed by atoms with E-state index >= 15 is 0 Å². The van der Waals surface area contributed by atoms with Gasteiger partial charge >= 0.3 is 0 Å². The molecule has 1 atom stereocenters. The Hall–Kier alpha value is 0.207. The van der Waals surface area contributed by atoms with Gasteiger partial charge in [0.05, 0.1) is 0 Å². The Bertz CT molecular complexity index is 157. The van der Waals surface area contributed by atoms with Crippen LogP contribution < -0.4 is 0 Å². The molecule has 0 aromatic carbocycles. The number of halogens is 1. The summed E-state index contributed by atoms with van der Waals surface area (Å²) in [4.78, 5) is 0. The highest BCUT2D eigenvalue weighted by Crippen LogP contribution is 2.20. The molecule has 3 heteroatoms. The predicted molar refractivity (Wildman–Crippen MR) is 58.1 cm³/mol. The highest BCUT2D eigenvalue weighted by molar-refractivity contribution is 6.71. The van der Waals surface area contributed by atoms with Crippen LogP contribution in [0.25, 0.3) is 0 Å². The summed E-state index contributed by atoms with van der Waals surface area (Å²) in [6.07, 6.45) is 1.17. The first kappa shape index (κ1) is 12.2. The van der Waals surface area contributed by atoms with Crippen molar-refractivity contribution in [2.75, 3.05) is 0 Å². The van der Waals surface area contributed by atoms with Gasteiger partial charge in [0.1, 0.15) is 5.56 Å². The van der Waals surface area contributed by atoms with Gasteiger partial charge < -0.3 is 4.43 Å². The van der Waals surface area contributed by atoms with Crippen molar-refractivity contribution < 1.29 is 4.43 Å². The predicted octanol–water partition coefficient (Wildman–Crippen LogP) is 3.76. The van der Waals surface area contributed by atoms with Gasteiger partial charge in [-0.15, -0.1) is 0 Å². The highest BCUT2D eigenvalue weighted by Gasteiger charge is 2.24. The molecule has 0 fully saturated rings. The van der Waals surface area contributed by atoms with Crippen LogP contribution in [0.15, 0.2) is 12.2 Å². The van der Waals surface area contributed by atoms with Crippen molar-refractivity contribution >= 4 is 19.9 Å². The minimum absolute atomic E-state index is 0.293. The van der Waals surface area contributed by atoms with E-state index in [4.69, 9.17) is 16.0 Å². The van der Waals surface area contributed by atoms with E-state index in [2.05, 4.69) is 26.6 Å². The summed E-state index contributed by atoms with van der Waals surface area (Å²) in [5.74, 6) is 0. The van der Waals surface area contributed by atoms with Crippen molar-refractivity contribution in [1.82, 2.24) is 0 Å². The molecular weight excluding hydrogens is 188 g/mol. The maximum atomic E-state index is 5.95. The number of alkyl halides is 1. The summed E-state index contributed by atoms with van der Waals surface area (Å²) >= 11 is 5.95. The Kier molecular flexibility index (Phi) is 5.14. The summed E-state index contributed by atoms with van der Waals surface area (Å²) in [5.41, 5.74) is 0.603. The van der Waals surface area contributed by atoms with Gasteiger partial charge in [0.2, 0.25) is 0 Å². The number of rotatable bonds is 5. The molecule has 0 heterocycles. The SMILES string of the molecule is C=C(C)C(Cl)O[Si](C)(C)CCC. The highest BCUT2D eigenvalue weighted by atomic mass is 35.5. The lowest BCUT2D eigenvalue weighted by Gasteiger charge is -2.25. The fourth-order valence-corrected chi connectivity index (χ4v) is 3.85. The molecule has 0 spiro atoms. The smallest absolute Gasteiger partial charge is 0.189 e.